The van der Waals surface area contributed by atoms with Crippen molar-refractivity contribution in [3.8, 4) is 6.07 Å². The van der Waals surface area contributed by atoms with Crippen LogP contribution in [0.5, 0.6) is 0 Å². The molecule has 0 bridgehead atoms. The molecule has 1 fully saturated rings. The lowest BCUT2D eigenvalue weighted by Gasteiger charge is -2.30. The molecule has 0 aliphatic heterocycles. The van der Waals surface area contributed by atoms with E-state index in [1.54, 1.807) is 13.1 Å². The van der Waals surface area contributed by atoms with Crippen molar-refractivity contribution in [2.24, 2.45) is 5.92 Å². The SMILES string of the molecule is CNc1cc2c(cn1)nc(C(C)O)n2C1CCC(CC#N)CC1. The Hall–Kier alpha value is -2.13. The van der Waals surface area contributed by atoms with Crippen molar-refractivity contribution in [2.75, 3.05) is 12.4 Å². The first kappa shape index (κ1) is 15.8. The first-order valence-electron chi connectivity index (χ1n) is 8.24. The number of aromatic nitrogens is 3. The van der Waals surface area contributed by atoms with Crippen LogP contribution in [-0.2, 0) is 0 Å². The van der Waals surface area contributed by atoms with Crippen molar-refractivity contribution in [3.05, 3.63) is 18.1 Å². The maximum Gasteiger partial charge on any atom is 0.138 e. The number of imidazole rings is 1. The normalized spacial score (nSPS) is 22.7. The Bertz CT molecular complexity index is 722. The lowest BCUT2D eigenvalue weighted by atomic mass is 9.84. The van der Waals surface area contributed by atoms with Gasteiger partial charge in [-0.2, -0.15) is 5.26 Å². The summed E-state index contributed by atoms with van der Waals surface area (Å²) >= 11 is 0. The summed E-state index contributed by atoms with van der Waals surface area (Å²) < 4.78 is 2.19. The molecule has 23 heavy (non-hydrogen) atoms. The highest BCUT2D eigenvalue weighted by Gasteiger charge is 2.27. The molecule has 0 aromatic carbocycles. The van der Waals surface area contributed by atoms with Crippen molar-refractivity contribution in [1.29, 1.82) is 5.26 Å². The van der Waals surface area contributed by atoms with E-state index in [9.17, 15) is 5.11 Å². The minimum Gasteiger partial charge on any atom is -0.385 e. The largest absolute Gasteiger partial charge is 0.385 e. The van der Waals surface area contributed by atoms with Gasteiger partial charge in [0.25, 0.3) is 0 Å². The minimum atomic E-state index is -0.614. The number of aliphatic hydroxyl groups is 1. The molecule has 2 N–H and O–H groups in total. The van der Waals surface area contributed by atoms with Gasteiger partial charge in [-0.3, -0.25) is 0 Å². The van der Waals surface area contributed by atoms with E-state index < -0.39 is 6.10 Å². The van der Waals surface area contributed by atoms with Crippen molar-refractivity contribution >= 4 is 16.9 Å². The van der Waals surface area contributed by atoms with Crippen LogP contribution in [0.15, 0.2) is 12.3 Å². The molecule has 6 nitrogen and oxygen atoms in total. The van der Waals surface area contributed by atoms with Gasteiger partial charge in [-0.05, 0) is 38.5 Å². The van der Waals surface area contributed by atoms with Gasteiger partial charge >= 0.3 is 0 Å². The Morgan fingerprint density at radius 2 is 2.17 bits per heavy atom. The van der Waals surface area contributed by atoms with Crippen LogP contribution in [0.2, 0.25) is 0 Å². The van der Waals surface area contributed by atoms with Crippen molar-refractivity contribution in [3.63, 3.8) is 0 Å². The number of nitrogens with zero attached hydrogens (tertiary/aromatic N) is 4. The molecule has 2 aromatic heterocycles. The van der Waals surface area contributed by atoms with Crippen LogP contribution >= 0.6 is 0 Å². The lowest BCUT2D eigenvalue weighted by Crippen LogP contribution is -2.20. The Kier molecular flexibility index (Phi) is 4.49. The molecule has 0 saturated heterocycles. The van der Waals surface area contributed by atoms with Gasteiger partial charge in [-0.25, -0.2) is 9.97 Å². The van der Waals surface area contributed by atoms with Gasteiger partial charge in [-0.15, -0.1) is 0 Å². The van der Waals surface area contributed by atoms with E-state index in [-0.39, 0.29) is 0 Å². The smallest absolute Gasteiger partial charge is 0.138 e. The number of hydrogen-bond acceptors (Lipinski definition) is 5. The molecule has 122 valence electrons. The fraction of sp³-hybridized carbons (Fsp3) is 0.588. The molecule has 0 spiro atoms. The topological polar surface area (TPSA) is 86.8 Å². The summed E-state index contributed by atoms with van der Waals surface area (Å²) in [6.07, 6.45) is 5.95. The van der Waals surface area contributed by atoms with Crippen molar-refractivity contribution in [1.82, 2.24) is 14.5 Å². The Labute approximate surface area is 136 Å². The fourth-order valence-corrected chi connectivity index (χ4v) is 3.57. The summed E-state index contributed by atoms with van der Waals surface area (Å²) in [6.45, 7) is 1.76. The molecule has 0 radical (unpaired) electrons. The van der Waals surface area contributed by atoms with Gasteiger partial charge in [0, 0.05) is 25.6 Å². The molecule has 1 unspecified atom stereocenters. The predicted molar refractivity (Wildman–Crippen MR) is 88.9 cm³/mol. The monoisotopic (exact) mass is 313 g/mol. The third-order valence-electron chi connectivity index (χ3n) is 4.79. The van der Waals surface area contributed by atoms with Crippen molar-refractivity contribution < 1.29 is 5.11 Å². The van der Waals surface area contributed by atoms with Gasteiger partial charge in [0.2, 0.25) is 0 Å². The molecule has 6 heteroatoms. The molecule has 1 aliphatic carbocycles. The second-order valence-electron chi connectivity index (χ2n) is 6.36. The summed E-state index contributed by atoms with van der Waals surface area (Å²) in [7, 11) is 1.84. The third-order valence-corrected chi connectivity index (χ3v) is 4.79. The molecule has 1 aliphatic rings. The summed E-state index contributed by atoms with van der Waals surface area (Å²) in [5.41, 5.74) is 1.84. The standard InChI is InChI=1S/C17H23N5O/c1-11(23)17-21-14-10-20-16(19-2)9-15(14)22(17)13-5-3-12(4-6-13)7-8-18/h9-13,23H,3-7H2,1-2H3,(H,19,20). The number of aliphatic hydroxyl groups excluding tert-OH is 1. The zero-order valence-electron chi connectivity index (χ0n) is 13.7. The number of nitrogens with one attached hydrogen (secondary N) is 1. The van der Waals surface area contributed by atoms with Crippen LogP contribution < -0.4 is 5.32 Å². The van der Waals surface area contributed by atoms with Crippen LogP contribution in [0.1, 0.15) is 57.0 Å². The summed E-state index contributed by atoms with van der Waals surface area (Å²) in [6, 6.07) is 4.61. The van der Waals surface area contributed by atoms with Gasteiger partial charge in [0.1, 0.15) is 23.3 Å². The number of rotatable bonds is 4. The summed E-state index contributed by atoms with van der Waals surface area (Å²) in [5, 5.41) is 22.1. The average Bonchev–Trinajstić information content (AvgIpc) is 2.94. The first-order valence-corrected chi connectivity index (χ1v) is 8.24. The van der Waals surface area contributed by atoms with Crippen LogP contribution in [0.25, 0.3) is 11.0 Å². The summed E-state index contributed by atoms with van der Waals surface area (Å²) in [4.78, 5) is 8.90. The van der Waals surface area contributed by atoms with Crippen LogP contribution in [-0.4, -0.2) is 26.7 Å². The molecule has 2 aromatic rings. The van der Waals surface area contributed by atoms with Gasteiger partial charge in [0.05, 0.1) is 17.8 Å². The van der Waals surface area contributed by atoms with Crippen LogP contribution in [0.3, 0.4) is 0 Å². The zero-order chi connectivity index (χ0) is 16.4. The van der Waals surface area contributed by atoms with Crippen LogP contribution in [0.4, 0.5) is 5.82 Å². The van der Waals surface area contributed by atoms with E-state index in [0.29, 0.717) is 24.2 Å². The molecule has 1 atom stereocenters. The Morgan fingerprint density at radius 3 is 2.78 bits per heavy atom. The van der Waals surface area contributed by atoms with E-state index >= 15 is 0 Å². The molecule has 0 amide bonds. The number of fused-ring (bicyclic) bond motifs is 1. The second-order valence-corrected chi connectivity index (χ2v) is 6.36. The predicted octanol–water partition coefficient (Wildman–Crippen LogP) is 3.17. The van der Waals surface area contributed by atoms with Gasteiger partial charge < -0.3 is 15.0 Å². The van der Waals surface area contributed by atoms with Crippen molar-refractivity contribution in [2.45, 2.75) is 51.2 Å². The molecule has 3 rings (SSSR count). The van der Waals surface area contributed by atoms with Gasteiger partial charge in [-0.1, -0.05) is 0 Å². The fourth-order valence-electron chi connectivity index (χ4n) is 3.57. The number of hydrogen-bond donors (Lipinski definition) is 2. The highest BCUT2D eigenvalue weighted by atomic mass is 16.3. The van der Waals surface area contributed by atoms with E-state index in [4.69, 9.17) is 5.26 Å². The number of anilines is 1. The van der Waals surface area contributed by atoms with E-state index in [0.717, 1.165) is 42.5 Å². The second kappa shape index (κ2) is 6.55. The molecule has 2 heterocycles. The number of pyridine rings is 1. The lowest BCUT2D eigenvalue weighted by molar-refractivity contribution is 0.175. The van der Waals surface area contributed by atoms with Gasteiger partial charge in [0.15, 0.2) is 0 Å². The highest BCUT2D eigenvalue weighted by Crippen LogP contribution is 2.37. The molecular formula is C17H23N5O. The third kappa shape index (κ3) is 3.02. The van der Waals surface area contributed by atoms with E-state index in [2.05, 4.69) is 25.9 Å². The Morgan fingerprint density at radius 1 is 1.43 bits per heavy atom. The van der Waals surface area contributed by atoms with E-state index in [1.165, 1.54) is 0 Å². The van der Waals surface area contributed by atoms with E-state index in [1.807, 2.05) is 13.1 Å². The maximum absolute atomic E-state index is 10.1. The average molecular weight is 313 g/mol. The Balaban J connectivity index is 1.98. The zero-order valence-corrected chi connectivity index (χ0v) is 13.7. The molecule has 1 saturated carbocycles. The quantitative estimate of drug-likeness (QED) is 0.905. The first-order chi connectivity index (χ1) is 11.1. The summed E-state index contributed by atoms with van der Waals surface area (Å²) in [5.74, 6) is 2.02. The minimum absolute atomic E-state index is 0.326. The maximum atomic E-state index is 10.1. The highest BCUT2D eigenvalue weighted by molar-refractivity contribution is 5.78. The van der Waals surface area contributed by atoms with Crippen LogP contribution in [0, 0.1) is 17.2 Å². The number of nitriles is 1. The molecular weight excluding hydrogens is 290 g/mol.